The number of hydrogen-bond donors (Lipinski definition) is 0. The Kier molecular flexibility index (Phi) is 5.44. The molecule has 2 aromatic rings. The molecule has 1 fully saturated rings. The maximum atomic E-state index is 12.8. The third-order valence-electron chi connectivity index (χ3n) is 4.37. The summed E-state index contributed by atoms with van der Waals surface area (Å²) in [7, 11) is 1.69. The van der Waals surface area contributed by atoms with Gasteiger partial charge in [0.1, 0.15) is 0 Å². The van der Waals surface area contributed by atoms with Crippen LogP contribution in [0, 0.1) is 0 Å². The van der Waals surface area contributed by atoms with Crippen LogP contribution in [-0.2, 0) is 4.74 Å². The van der Waals surface area contributed by atoms with Crippen LogP contribution in [0.1, 0.15) is 23.2 Å². The van der Waals surface area contributed by atoms with Gasteiger partial charge < -0.3 is 9.64 Å². The zero-order valence-electron chi connectivity index (χ0n) is 13.5. The number of methoxy groups -OCH3 is 1. The number of ether oxygens (including phenoxy) is 1. The van der Waals surface area contributed by atoms with Crippen LogP contribution in [0.4, 0.5) is 0 Å². The van der Waals surface area contributed by atoms with Gasteiger partial charge in [-0.3, -0.25) is 4.79 Å². The van der Waals surface area contributed by atoms with Crippen molar-refractivity contribution in [2.24, 2.45) is 0 Å². The van der Waals surface area contributed by atoms with Gasteiger partial charge in [0.15, 0.2) is 0 Å². The summed E-state index contributed by atoms with van der Waals surface area (Å²) in [5.41, 5.74) is 2.36. The molecule has 0 saturated carbocycles. The molecule has 0 spiro atoms. The topological polar surface area (TPSA) is 29.5 Å². The molecule has 0 bridgehead atoms. The summed E-state index contributed by atoms with van der Waals surface area (Å²) in [6.07, 6.45) is 2.08. The van der Waals surface area contributed by atoms with Crippen LogP contribution in [0.25, 0.3) is 11.1 Å². The molecule has 1 heterocycles. The highest BCUT2D eigenvalue weighted by Crippen LogP contribution is 2.33. The number of halogens is 2. The number of rotatable bonds is 3. The Bertz CT molecular complexity index is 748. The number of carbonyl (C=O) groups is 1. The second-order valence-corrected chi connectivity index (χ2v) is 6.72. The first-order valence-electron chi connectivity index (χ1n) is 7.96. The second kappa shape index (κ2) is 7.56. The second-order valence-electron chi connectivity index (χ2n) is 5.93. The van der Waals surface area contributed by atoms with Crippen molar-refractivity contribution in [2.75, 3.05) is 20.2 Å². The molecule has 24 heavy (non-hydrogen) atoms. The van der Waals surface area contributed by atoms with Crippen LogP contribution in [0.5, 0.6) is 0 Å². The average Bonchev–Trinajstić information content (AvgIpc) is 2.63. The number of carbonyl (C=O) groups excluding carboxylic acids is 1. The van der Waals surface area contributed by atoms with E-state index in [9.17, 15) is 4.79 Å². The van der Waals surface area contributed by atoms with Crippen molar-refractivity contribution >= 4 is 29.1 Å². The van der Waals surface area contributed by atoms with Crippen LogP contribution >= 0.6 is 23.2 Å². The molecule has 2 aromatic carbocycles. The van der Waals surface area contributed by atoms with E-state index in [4.69, 9.17) is 27.9 Å². The monoisotopic (exact) mass is 363 g/mol. The van der Waals surface area contributed by atoms with Crippen LogP contribution in [0.15, 0.2) is 42.5 Å². The molecule has 0 aromatic heterocycles. The molecule has 1 amide bonds. The van der Waals surface area contributed by atoms with Gasteiger partial charge in [0.25, 0.3) is 5.91 Å². The molecule has 5 heteroatoms. The molecule has 0 aliphatic carbocycles. The predicted octanol–water partition coefficient (Wildman–Crippen LogP) is 4.91. The highest BCUT2D eigenvalue weighted by atomic mass is 35.5. The molecular weight excluding hydrogens is 345 g/mol. The normalized spacial score (nSPS) is 17.8. The number of piperidine rings is 1. The van der Waals surface area contributed by atoms with Gasteiger partial charge in [-0.05, 0) is 36.6 Å². The lowest BCUT2D eigenvalue weighted by Crippen LogP contribution is -2.42. The van der Waals surface area contributed by atoms with Gasteiger partial charge >= 0.3 is 0 Å². The van der Waals surface area contributed by atoms with Crippen LogP contribution in [-0.4, -0.2) is 37.1 Å². The van der Waals surface area contributed by atoms with Crippen LogP contribution < -0.4 is 0 Å². The number of benzene rings is 2. The third-order valence-corrected chi connectivity index (χ3v) is 5.19. The van der Waals surface area contributed by atoms with E-state index in [1.807, 2.05) is 41.3 Å². The highest BCUT2D eigenvalue weighted by Gasteiger charge is 2.24. The van der Waals surface area contributed by atoms with Crippen molar-refractivity contribution < 1.29 is 9.53 Å². The number of likely N-dealkylation sites (tertiary alicyclic amines) is 1. The lowest BCUT2D eigenvalue weighted by atomic mass is 10.0. The van der Waals surface area contributed by atoms with Crippen molar-refractivity contribution in [2.45, 2.75) is 18.9 Å². The molecule has 3 nitrogen and oxygen atoms in total. The molecule has 0 radical (unpaired) electrons. The van der Waals surface area contributed by atoms with Crippen molar-refractivity contribution in [3.05, 3.63) is 58.1 Å². The van der Waals surface area contributed by atoms with Gasteiger partial charge in [0.05, 0.1) is 16.1 Å². The minimum Gasteiger partial charge on any atom is -0.380 e. The van der Waals surface area contributed by atoms with Crippen molar-refractivity contribution in [1.29, 1.82) is 0 Å². The lowest BCUT2D eigenvalue weighted by Gasteiger charge is -2.32. The summed E-state index contributed by atoms with van der Waals surface area (Å²) in [6.45, 7) is 1.40. The Morgan fingerprint density at radius 3 is 2.79 bits per heavy atom. The molecular formula is C19H19Cl2NO2. The summed E-state index contributed by atoms with van der Waals surface area (Å²) in [5.74, 6) is 0.0248. The SMILES string of the molecule is CO[C@@H]1CCCN(C(=O)c2cccc(-c3cccc(Cl)c3Cl)c2)C1. The Morgan fingerprint density at radius 1 is 1.21 bits per heavy atom. The first-order chi connectivity index (χ1) is 11.6. The molecule has 1 saturated heterocycles. The Hall–Kier alpha value is -1.55. The number of amides is 1. The van der Waals surface area contributed by atoms with E-state index in [2.05, 4.69) is 0 Å². The Morgan fingerprint density at radius 2 is 2.00 bits per heavy atom. The fourth-order valence-corrected chi connectivity index (χ4v) is 3.45. The molecule has 1 aliphatic rings. The van der Waals surface area contributed by atoms with Crippen molar-refractivity contribution in [1.82, 2.24) is 4.90 Å². The quantitative estimate of drug-likeness (QED) is 0.774. The first kappa shape index (κ1) is 17.3. The van der Waals surface area contributed by atoms with Crippen LogP contribution in [0.3, 0.4) is 0 Å². The lowest BCUT2D eigenvalue weighted by molar-refractivity contribution is 0.0269. The molecule has 0 unspecified atom stereocenters. The summed E-state index contributed by atoms with van der Waals surface area (Å²) in [6, 6.07) is 13.0. The fourth-order valence-electron chi connectivity index (χ4n) is 3.04. The summed E-state index contributed by atoms with van der Waals surface area (Å²) in [4.78, 5) is 14.7. The molecule has 3 rings (SSSR count). The standard InChI is InChI=1S/C19H19Cl2NO2/c1-24-15-7-4-10-22(12-15)19(23)14-6-2-5-13(11-14)16-8-3-9-17(20)18(16)21/h2-3,5-6,8-9,11,15H,4,7,10,12H2,1H3/t15-/m1/s1. The summed E-state index contributed by atoms with van der Waals surface area (Å²) < 4.78 is 5.40. The zero-order valence-corrected chi connectivity index (χ0v) is 15.0. The molecule has 126 valence electrons. The van der Waals surface area contributed by atoms with E-state index in [-0.39, 0.29) is 12.0 Å². The van der Waals surface area contributed by atoms with Crippen LogP contribution in [0.2, 0.25) is 10.0 Å². The summed E-state index contributed by atoms with van der Waals surface area (Å²) in [5, 5.41) is 1.01. The van der Waals surface area contributed by atoms with E-state index in [0.29, 0.717) is 22.2 Å². The molecule has 1 aliphatic heterocycles. The van der Waals surface area contributed by atoms with Crippen molar-refractivity contribution in [3.63, 3.8) is 0 Å². The zero-order chi connectivity index (χ0) is 17.1. The van der Waals surface area contributed by atoms with Gasteiger partial charge in [-0.15, -0.1) is 0 Å². The van der Waals surface area contributed by atoms with Gasteiger partial charge in [-0.2, -0.15) is 0 Å². The minimum atomic E-state index is 0.0248. The predicted molar refractivity (Wildman–Crippen MR) is 97.8 cm³/mol. The summed E-state index contributed by atoms with van der Waals surface area (Å²) >= 11 is 12.4. The van der Waals surface area contributed by atoms with E-state index >= 15 is 0 Å². The van der Waals surface area contributed by atoms with Crippen molar-refractivity contribution in [3.8, 4) is 11.1 Å². The van der Waals surface area contributed by atoms with Gasteiger partial charge in [0.2, 0.25) is 0 Å². The smallest absolute Gasteiger partial charge is 0.253 e. The maximum absolute atomic E-state index is 12.8. The molecule has 1 atom stereocenters. The van der Waals surface area contributed by atoms with E-state index < -0.39 is 0 Å². The average molecular weight is 364 g/mol. The van der Waals surface area contributed by atoms with E-state index in [1.165, 1.54) is 0 Å². The van der Waals surface area contributed by atoms with E-state index in [1.54, 1.807) is 13.2 Å². The highest BCUT2D eigenvalue weighted by molar-refractivity contribution is 6.43. The fraction of sp³-hybridized carbons (Fsp3) is 0.316. The number of hydrogen-bond acceptors (Lipinski definition) is 2. The van der Waals surface area contributed by atoms with Gasteiger partial charge in [-0.25, -0.2) is 0 Å². The first-order valence-corrected chi connectivity index (χ1v) is 8.72. The van der Waals surface area contributed by atoms with Gasteiger partial charge in [-0.1, -0.05) is 47.5 Å². The van der Waals surface area contributed by atoms with Gasteiger partial charge in [0, 0.05) is 31.3 Å². The molecule has 0 N–H and O–H groups in total. The Balaban J connectivity index is 1.87. The minimum absolute atomic E-state index is 0.0248. The third kappa shape index (κ3) is 3.59. The van der Waals surface area contributed by atoms with E-state index in [0.717, 1.165) is 30.5 Å². The maximum Gasteiger partial charge on any atom is 0.253 e. The largest absolute Gasteiger partial charge is 0.380 e. The Labute approximate surface area is 152 Å². The number of nitrogens with zero attached hydrogens (tertiary/aromatic N) is 1.